The van der Waals surface area contributed by atoms with E-state index in [1.54, 1.807) is 0 Å². The highest BCUT2D eigenvalue weighted by atomic mass is 79.9. The van der Waals surface area contributed by atoms with E-state index in [9.17, 15) is 9.90 Å². The lowest BCUT2D eigenvalue weighted by Crippen LogP contribution is -2.43. The molecular formula is C13H17BrN2O2. The topological polar surface area (TPSA) is 66.6 Å². The molecule has 3 N–H and O–H groups in total. The number of likely N-dealkylation sites (tertiary alicyclic amines) is 1. The minimum absolute atomic E-state index is 0.250. The van der Waals surface area contributed by atoms with Gasteiger partial charge >= 0.3 is 0 Å². The molecule has 0 aliphatic carbocycles. The highest BCUT2D eigenvalue weighted by molar-refractivity contribution is 9.10. The zero-order valence-corrected chi connectivity index (χ0v) is 11.6. The number of benzene rings is 1. The number of primary amides is 1. The molecule has 1 aromatic rings. The van der Waals surface area contributed by atoms with Crippen molar-refractivity contribution in [2.45, 2.75) is 25.0 Å². The van der Waals surface area contributed by atoms with E-state index < -0.39 is 6.04 Å². The number of amides is 1. The number of hydrogen-bond donors (Lipinski definition) is 2. The molecule has 0 unspecified atom stereocenters. The van der Waals surface area contributed by atoms with Gasteiger partial charge in [-0.3, -0.25) is 9.69 Å². The van der Waals surface area contributed by atoms with E-state index in [0.717, 1.165) is 10.0 Å². The van der Waals surface area contributed by atoms with Gasteiger partial charge in [0.15, 0.2) is 0 Å². The van der Waals surface area contributed by atoms with Crippen molar-refractivity contribution >= 4 is 21.8 Å². The summed E-state index contributed by atoms with van der Waals surface area (Å²) in [6.07, 6.45) is 1.14. The van der Waals surface area contributed by atoms with Gasteiger partial charge in [-0.05, 0) is 30.5 Å². The third kappa shape index (κ3) is 3.10. The number of halogens is 1. The second kappa shape index (κ2) is 5.82. The Bertz CT molecular complexity index is 414. The quantitative estimate of drug-likeness (QED) is 0.887. The van der Waals surface area contributed by atoms with Crippen molar-refractivity contribution in [2.75, 3.05) is 13.1 Å². The molecule has 0 radical (unpaired) electrons. The first-order valence-corrected chi connectivity index (χ1v) is 6.84. The van der Waals surface area contributed by atoms with Crippen LogP contribution in [0.15, 0.2) is 28.7 Å². The fourth-order valence-electron chi connectivity index (χ4n) is 2.34. The number of piperidine rings is 1. The predicted octanol–water partition coefficient (Wildman–Crippen LogP) is 1.43. The van der Waals surface area contributed by atoms with Gasteiger partial charge in [0.2, 0.25) is 5.91 Å². The SMILES string of the molecule is NC(=O)[C@H](c1ccc(Br)cc1)N1CCC(O)CC1. The van der Waals surface area contributed by atoms with Gasteiger partial charge in [-0.25, -0.2) is 0 Å². The zero-order valence-electron chi connectivity index (χ0n) is 10.1. The van der Waals surface area contributed by atoms with Crippen LogP contribution in [0.3, 0.4) is 0 Å². The first-order chi connectivity index (χ1) is 8.58. The molecule has 0 spiro atoms. The summed E-state index contributed by atoms with van der Waals surface area (Å²) >= 11 is 3.37. The van der Waals surface area contributed by atoms with Gasteiger partial charge in [0.1, 0.15) is 6.04 Å². The molecule has 1 fully saturated rings. The average Bonchev–Trinajstić information content (AvgIpc) is 2.34. The van der Waals surface area contributed by atoms with Crippen LogP contribution in [-0.2, 0) is 4.79 Å². The minimum atomic E-state index is -0.398. The number of nitrogens with zero attached hydrogens (tertiary/aromatic N) is 1. The molecular weight excluding hydrogens is 296 g/mol. The number of aliphatic hydroxyl groups excluding tert-OH is 1. The summed E-state index contributed by atoms with van der Waals surface area (Å²) < 4.78 is 0.975. The third-order valence-electron chi connectivity index (χ3n) is 3.32. The third-order valence-corrected chi connectivity index (χ3v) is 3.85. The number of hydrogen-bond acceptors (Lipinski definition) is 3. The van der Waals surface area contributed by atoms with Crippen LogP contribution in [0.2, 0.25) is 0 Å². The summed E-state index contributed by atoms with van der Waals surface area (Å²) in [6, 6.07) is 7.23. The standard InChI is InChI=1S/C13H17BrN2O2/c14-10-3-1-9(2-4-10)12(13(15)18)16-7-5-11(17)6-8-16/h1-4,11-12,17H,5-8H2,(H2,15,18)/t12-/m0/s1. The Balaban J connectivity index is 2.18. The Morgan fingerprint density at radius 1 is 1.33 bits per heavy atom. The Hall–Kier alpha value is -0.910. The maximum absolute atomic E-state index is 11.7. The molecule has 0 saturated carbocycles. The van der Waals surface area contributed by atoms with Gasteiger partial charge in [-0.1, -0.05) is 28.1 Å². The lowest BCUT2D eigenvalue weighted by Gasteiger charge is -2.34. The Morgan fingerprint density at radius 2 is 1.89 bits per heavy atom. The van der Waals surface area contributed by atoms with Crippen LogP contribution in [0.25, 0.3) is 0 Å². The molecule has 98 valence electrons. The Labute approximate surface area is 115 Å². The first-order valence-electron chi connectivity index (χ1n) is 6.05. The molecule has 0 bridgehead atoms. The number of aliphatic hydroxyl groups is 1. The lowest BCUT2D eigenvalue weighted by molar-refractivity contribution is -0.124. The van der Waals surface area contributed by atoms with E-state index in [1.165, 1.54) is 0 Å². The van der Waals surface area contributed by atoms with Gasteiger partial charge < -0.3 is 10.8 Å². The second-order valence-electron chi connectivity index (χ2n) is 4.62. The normalized spacial score (nSPS) is 19.7. The number of nitrogens with two attached hydrogens (primary N) is 1. The van der Waals surface area contributed by atoms with Crippen LogP contribution < -0.4 is 5.73 Å². The van der Waals surface area contributed by atoms with E-state index in [0.29, 0.717) is 25.9 Å². The van der Waals surface area contributed by atoms with Gasteiger partial charge in [0, 0.05) is 17.6 Å². The van der Waals surface area contributed by atoms with Crippen molar-refractivity contribution < 1.29 is 9.90 Å². The van der Waals surface area contributed by atoms with Gasteiger partial charge in [-0.15, -0.1) is 0 Å². The van der Waals surface area contributed by atoms with Crippen molar-refractivity contribution in [3.05, 3.63) is 34.3 Å². The molecule has 1 heterocycles. The summed E-state index contributed by atoms with van der Waals surface area (Å²) in [6.45, 7) is 1.40. The van der Waals surface area contributed by atoms with E-state index in [-0.39, 0.29) is 12.0 Å². The average molecular weight is 313 g/mol. The van der Waals surface area contributed by atoms with Crippen molar-refractivity contribution in [1.29, 1.82) is 0 Å². The number of carbonyl (C=O) groups is 1. The largest absolute Gasteiger partial charge is 0.393 e. The predicted molar refractivity (Wildman–Crippen MR) is 72.9 cm³/mol. The molecule has 1 aliphatic rings. The first kappa shape index (κ1) is 13.5. The van der Waals surface area contributed by atoms with Crippen LogP contribution in [-0.4, -0.2) is 35.1 Å². The summed E-state index contributed by atoms with van der Waals surface area (Å²) in [4.78, 5) is 13.7. The Morgan fingerprint density at radius 3 is 2.39 bits per heavy atom. The molecule has 1 aliphatic heterocycles. The fraction of sp³-hybridized carbons (Fsp3) is 0.462. The van der Waals surface area contributed by atoms with Crippen molar-refractivity contribution in [1.82, 2.24) is 4.90 Å². The van der Waals surface area contributed by atoms with E-state index in [4.69, 9.17) is 5.73 Å². The second-order valence-corrected chi connectivity index (χ2v) is 5.54. The molecule has 1 atom stereocenters. The number of carbonyl (C=O) groups excluding carboxylic acids is 1. The molecule has 4 nitrogen and oxygen atoms in total. The van der Waals surface area contributed by atoms with Crippen LogP contribution in [0.5, 0.6) is 0 Å². The maximum Gasteiger partial charge on any atom is 0.239 e. The van der Waals surface area contributed by atoms with Crippen molar-refractivity contribution in [2.24, 2.45) is 5.73 Å². The molecule has 1 aromatic carbocycles. The van der Waals surface area contributed by atoms with Crippen molar-refractivity contribution in [3.8, 4) is 0 Å². The molecule has 18 heavy (non-hydrogen) atoms. The summed E-state index contributed by atoms with van der Waals surface area (Å²) in [5.41, 5.74) is 6.42. The van der Waals surface area contributed by atoms with E-state index in [2.05, 4.69) is 15.9 Å². The van der Waals surface area contributed by atoms with Crippen LogP contribution >= 0.6 is 15.9 Å². The van der Waals surface area contributed by atoms with Crippen LogP contribution in [0.4, 0.5) is 0 Å². The highest BCUT2D eigenvalue weighted by Gasteiger charge is 2.28. The van der Waals surface area contributed by atoms with Gasteiger partial charge in [0.05, 0.1) is 6.10 Å². The van der Waals surface area contributed by atoms with Crippen LogP contribution in [0.1, 0.15) is 24.4 Å². The lowest BCUT2D eigenvalue weighted by atomic mass is 10.00. The summed E-state index contributed by atoms with van der Waals surface area (Å²) in [5, 5.41) is 9.51. The molecule has 1 amide bonds. The molecule has 1 saturated heterocycles. The minimum Gasteiger partial charge on any atom is -0.393 e. The molecule has 2 rings (SSSR count). The maximum atomic E-state index is 11.7. The van der Waals surface area contributed by atoms with Gasteiger partial charge in [0.25, 0.3) is 0 Å². The number of rotatable bonds is 3. The smallest absolute Gasteiger partial charge is 0.239 e. The molecule has 0 aromatic heterocycles. The zero-order chi connectivity index (χ0) is 13.1. The monoisotopic (exact) mass is 312 g/mol. The fourth-order valence-corrected chi connectivity index (χ4v) is 2.61. The van der Waals surface area contributed by atoms with Crippen molar-refractivity contribution in [3.63, 3.8) is 0 Å². The Kier molecular flexibility index (Phi) is 4.37. The van der Waals surface area contributed by atoms with Crippen LogP contribution in [0, 0.1) is 0 Å². The summed E-state index contributed by atoms with van der Waals surface area (Å²) in [5.74, 6) is -0.339. The van der Waals surface area contributed by atoms with E-state index >= 15 is 0 Å². The molecule has 5 heteroatoms. The highest BCUT2D eigenvalue weighted by Crippen LogP contribution is 2.25. The van der Waals surface area contributed by atoms with Gasteiger partial charge in [-0.2, -0.15) is 0 Å². The van der Waals surface area contributed by atoms with E-state index in [1.807, 2.05) is 29.2 Å². The summed E-state index contributed by atoms with van der Waals surface area (Å²) in [7, 11) is 0.